The molecule has 0 bridgehead atoms. The van der Waals surface area contributed by atoms with E-state index in [9.17, 15) is 0 Å². The molecule has 1 aliphatic rings. The lowest BCUT2D eigenvalue weighted by Crippen LogP contribution is -2.16. The Kier molecular flexibility index (Phi) is 8.55. The molecule has 11 aromatic rings. The first-order chi connectivity index (χ1) is 31.1. The topological polar surface area (TPSA) is 16.4 Å². The van der Waals surface area contributed by atoms with Gasteiger partial charge in [-0.3, -0.25) is 0 Å². The lowest BCUT2D eigenvalue weighted by Gasteiger charge is -2.33. The summed E-state index contributed by atoms with van der Waals surface area (Å²) in [6.45, 7) is 4.73. The molecule has 298 valence electrons. The molecule has 0 unspecified atom stereocenters. The van der Waals surface area contributed by atoms with E-state index in [2.05, 4.69) is 237 Å². The Balaban J connectivity index is 1.20. The van der Waals surface area contributed by atoms with Crippen LogP contribution >= 0.6 is 0 Å². The van der Waals surface area contributed by atoms with Crippen molar-refractivity contribution in [2.75, 3.05) is 4.90 Å². The Labute approximate surface area is 368 Å². The van der Waals surface area contributed by atoms with Gasteiger partial charge in [-0.25, -0.2) is 0 Å². The predicted molar refractivity (Wildman–Crippen MR) is 265 cm³/mol. The van der Waals surface area contributed by atoms with Crippen molar-refractivity contribution in [2.45, 2.75) is 19.3 Å². The van der Waals surface area contributed by atoms with Crippen LogP contribution in [0.5, 0.6) is 0 Å². The zero-order chi connectivity index (χ0) is 42.1. The Morgan fingerprint density at radius 2 is 0.841 bits per heavy atom. The minimum absolute atomic E-state index is 0.181. The van der Waals surface area contributed by atoms with Crippen molar-refractivity contribution in [3.63, 3.8) is 0 Å². The third-order valence-electron chi connectivity index (χ3n) is 13.3. The van der Waals surface area contributed by atoms with Crippen LogP contribution in [0.15, 0.2) is 229 Å². The molecule has 0 radical (unpaired) electrons. The first-order valence-electron chi connectivity index (χ1n) is 21.9. The molecule has 2 nitrogen and oxygen atoms in total. The van der Waals surface area contributed by atoms with E-state index < -0.39 is 0 Å². The van der Waals surface area contributed by atoms with Crippen LogP contribution in [0.1, 0.15) is 25.0 Å². The molecule has 1 aromatic heterocycles. The summed E-state index contributed by atoms with van der Waals surface area (Å²) in [5.41, 5.74) is 19.5. The molecule has 12 rings (SSSR count). The highest BCUT2D eigenvalue weighted by Crippen LogP contribution is 2.57. The maximum atomic E-state index is 6.66. The van der Waals surface area contributed by atoms with Gasteiger partial charge in [0, 0.05) is 38.3 Å². The lowest BCUT2D eigenvalue weighted by molar-refractivity contribution is 0.660. The highest BCUT2D eigenvalue weighted by Gasteiger charge is 2.38. The van der Waals surface area contributed by atoms with Crippen molar-refractivity contribution in [2.24, 2.45) is 0 Å². The number of furan rings is 1. The van der Waals surface area contributed by atoms with Crippen LogP contribution in [-0.4, -0.2) is 0 Å². The summed E-state index contributed by atoms with van der Waals surface area (Å²) >= 11 is 0. The first-order valence-corrected chi connectivity index (χ1v) is 21.9. The second-order valence-electron chi connectivity index (χ2n) is 17.1. The van der Waals surface area contributed by atoms with Crippen molar-refractivity contribution >= 4 is 49.8 Å². The largest absolute Gasteiger partial charge is 0.455 e. The highest BCUT2D eigenvalue weighted by molar-refractivity contribution is 6.15. The van der Waals surface area contributed by atoms with Crippen molar-refractivity contribution in [3.05, 3.63) is 236 Å². The van der Waals surface area contributed by atoms with E-state index in [-0.39, 0.29) is 5.41 Å². The average Bonchev–Trinajstić information content (AvgIpc) is 3.84. The quantitative estimate of drug-likeness (QED) is 0.160. The van der Waals surface area contributed by atoms with Crippen LogP contribution in [0, 0.1) is 0 Å². The zero-order valence-corrected chi connectivity index (χ0v) is 35.2. The molecule has 0 saturated heterocycles. The molecule has 0 aliphatic heterocycles. The van der Waals surface area contributed by atoms with Gasteiger partial charge in [-0.15, -0.1) is 0 Å². The highest BCUT2D eigenvalue weighted by atomic mass is 16.3. The Morgan fingerprint density at radius 3 is 1.62 bits per heavy atom. The Hall–Kier alpha value is -7.94. The van der Waals surface area contributed by atoms with Gasteiger partial charge in [0.2, 0.25) is 0 Å². The van der Waals surface area contributed by atoms with Crippen LogP contribution in [-0.2, 0) is 5.41 Å². The maximum Gasteiger partial charge on any atom is 0.143 e. The molecule has 1 heterocycles. The first kappa shape index (κ1) is 36.9. The zero-order valence-electron chi connectivity index (χ0n) is 35.2. The monoisotopic (exact) mass is 805 g/mol. The van der Waals surface area contributed by atoms with Crippen molar-refractivity contribution in [1.29, 1.82) is 0 Å². The third-order valence-corrected chi connectivity index (χ3v) is 13.3. The van der Waals surface area contributed by atoms with Crippen molar-refractivity contribution in [1.82, 2.24) is 0 Å². The summed E-state index contributed by atoms with van der Waals surface area (Å²) in [6, 6.07) is 81.8. The molecule has 0 spiro atoms. The molecule has 1 aliphatic carbocycles. The van der Waals surface area contributed by atoms with Crippen LogP contribution in [0.3, 0.4) is 0 Å². The van der Waals surface area contributed by atoms with Gasteiger partial charge in [-0.2, -0.15) is 0 Å². The molecule has 0 saturated carbocycles. The minimum Gasteiger partial charge on any atom is -0.455 e. The molecule has 0 fully saturated rings. The SMILES string of the molecule is CC1(C)c2ccccc2-c2c(N(c3cccc(-c4ccccc4)c3-c3ccccc3-c3ccccc3)c3ccc(-c4cccc5c4oc4ccccc45)c4ccccc34)cccc21. The van der Waals surface area contributed by atoms with Gasteiger partial charge in [0.05, 0.1) is 17.1 Å². The second kappa shape index (κ2) is 14.6. The number of anilines is 3. The normalized spacial score (nSPS) is 12.7. The Bertz CT molecular complexity index is 3540. The number of hydrogen-bond donors (Lipinski definition) is 0. The lowest BCUT2D eigenvalue weighted by atomic mass is 9.82. The van der Waals surface area contributed by atoms with Crippen molar-refractivity contribution in [3.8, 4) is 55.6 Å². The van der Waals surface area contributed by atoms with Crippen LogP contribution < -0.4 is 4.90 Å². The summed E-state index contributed by atoms with van der Waals surface area (Å²) in [5.74, 6) is 0. The standard InChI is InChI=1S/C61H43NO/c1-61(2)52-33-15-13-29-51(52)59-53(61)34-19-36-56(59)62(54-39-38-45(44-25-10-11-26-46(44)54)49-31-17-32-50-47-27-14-16-37-57(47)63-60(49)50)55-35-18-30-43(41-22-7-4-8-23-41)58(55)48-28-12-9-24-42(48)40-20-5-3-6-21-40/h3-39H,1-2H3. The smallest absolute Gasteiger partial charge is 0.143 e. The molecule has 0 N–H and O–H groups in total. The van der Waals surface area contributed by atoms with Gasteiger partial charge in [0.25, 0.3) is 0 Å². The predicted octanol–water partition coefficient (Wildman–Crippen LogP) is 17.2. The van der Waals surface area contributed by atoms with Gasteiger partial charge in [-0.1, -0.05) is 214 Å². The number of fused-ring (bicyclic) bond motifs is 7. The van der Waals surface area contributed by atoms with Crippen LogP contribution in [0.25, 0.3) is 88.3 Å². The van der Waals surface area contributed by atoms with Crippen LogP contribution in [0.2, 0.25) is 0 Å². The van der Waals surface area contributed by atoms with Gasteiger partial charge in [0.15, 0.2) is 0 Å². The molecule has 0 atom stereocenters. The van der Waals surface area contributed by atoms with Crippen molar-refractivity contribution < 1.29 is 4.42 Å². The number of nitrogens with zero attached hydrogens (tertiary/aromatic N) is 1. The molecular formula is C61H43NO. The summed E-state index contributed by atoms with van der Waals surface area (Å²) in [7, 11) is 0. The maximum absolute atomic E-state index is 6.66. The number of rotatable bonds is 7. The van der Waals surface area contributed by atoms with E-state index in [1.54, 1.807) is 0 Å². The summed E-state index contributed by atoms with van der Waals surface area (Å²) in [6.07, 6.45) is 0. The number of para-hydroxylation sites is 2. The number of hydrogen-bond acceptors (Lipinski definition) is 2. The summed E-state index contributed by atoms with van der Waals surface area (Å²) in [5, 5.41) is 4.56. The van der Waals surface area contributed by atoms with Crippen LogP contribution in [0.4, 0.5) is 17.1 Å². The molecule has 63 heavy (non-hydrogen) atoms. The fraction of sp³-hybridized carbons (Fsp3) is 0.0492. The summed E-state index contributed by atoms with van der Waals surface area (Å²) < 4.78 is 6.66. The fourth-order valence-electron chi connectivity index (χ4n) is 10.4. The molecule has 10 aromatic carbocycles. The van der Waals surface area contributed by atoms with Gasteiger partial charge < -0.3 is 9.32 Å². The van der Waals surface area contributed by atoms with E-state index >= 15 is 0 Å². The second-order valence-corrected chi connectivity index (χ2v) is 17.1. The Morgan fingerprint density at radius 1 is 0.317 bits per heavy atom. The molecular weight excluding hydrogens is 763 g/mol. The van der Waals surface area contributed by atoms with E-state index in [1.165, 1.54) is 55.6 Å². The van der Waals surface area contributed by atoms with E-state index in [0.717, 1.165) is 60.9 Å². The van der Waals surface area contributed by atoms with E-state index in [0.29, 0.717) is 0 Å². The minimum atomic E-state index is -0.181. The van der Waals surface area contributed by atoms with E-state index in [1.807, 2.05) is 6.07 Å². The average molecular weight is 806 g/mol. The van der Waals surface area contributed by atoms with Gasteiger partial charge >= 0.3 is 0 Å². The van der Waals surface area contributed by atoms with Gasteiger partial charge in [0.1, 0.15) is 11.2 Å². The summed E-state index contributed by atoms with van der Waals surface area (Å²) in [4.78, 5) is 2.56. The van der Waals surface area contributed by atoms with Gasteiger partial charge in [-0.05, 0) is 79.7 Å². The van der Waals surface area contributed by atoms with E-state index in [4.69, 9.17) is 4.42 Å². The number of benzene rings is 10. The third kappa shape index (κ3) is 5.79. The molecule has 0 amide bonds. The molecule has 2 heteroatoms. The fourth-order valence-corrected chi connectivity index (χ4v) is 10.4.